The largest absolute Gasteiger partial charge is 0.352 e. The summed E-state index contributed by atoms with van der Waals surface area (Å²) in [4.78, 5) is 10.9. The third-order valence-electron chi connectivity index (χ3n) is 3.59. The van der Waals surface area contributed by atoms with Gasteiger partial charge in [0.2, 0.25) is 0 Å². The zero-order valence-electron chi connectivity index (χ0n) is 10.6. The molecule has 17 heavy (non-hydrogen) atoms. The van der Waals surface area contributed by atoms with Gasteiger partial charge in [0, 0.05) is 12.6 Å². The summed E-state index contributed by atoms with van der Waals surface area (Å²) < 4.78 is 0. The number of hydrogen-bond acceptors (Lipinski definition) is 3. The number of rotatable bonds is 4. The Kier molecular flexibility index (Phi) is 4.21. The van der Waals surface area contributed by atoms with Crippen LogP contribution in [0.1, 0.15) is 39.5 Å². The van der Waals surface area contributed by atoms with Crippen LogP contribution in [0, 0.1) is 5.92 Å². The van der Waals surface area contributed by atoms with Crippen LogP contribution in [0.5, 0.6) is 0 Å². The van der Waals surface area contributed by atoms with E-state index in [1.165, 1.54) is 25.7 Å². The van der Waals surface area contributed by atoms with Gasteiger partial charge in [0.05, 0.1) is 12.4 Å². The summed E-state index contributed by atoms with van der Waals surface area (Å²) in [6, 6.07) is 0.600. The van der Waals surface area contributed by atoms with Crippen LogP contribution in [0.4, 0.5) is 5.82 Å². The lowest BCUT2D eigenvalue weighted by Gasteiger charge is -2.30. The molecular weight excluding hydrogens is 234 g/mol. The van der Waals surface area contributed by atoms with Crippen molar-refractivity contribution in [1.82, 2.24) is 9.97 Å². The van der Waals surface area contributed by atoms with Crippen molar-refractivity contribution in [3.8, 4) is 0 Å². The molecule has 1 aliphatic heterocycles. The zero-order valence-corrected chi connectivity index (χ0v) is 11.3. The van der Waals surface area contributed by atoms with Crippen LogP contribution in [0.25, 0.3) is 0 Å². The Morgan fingerprint density at radius 2 is 2.35 bits per heavy atom. The molecule has 0 saturated carbocycles. The highest BCUT2D eigenvalue weighted by Gasteiger charge is 2.29. The summed E-state index contributed by atoms with van der Waals surface area (Å²) in [5.41, 5.74) is 0. The fourth-order valence-electron chi connectivity index (χ4n) is 2.79. The number of aromatic nitrogens is 2. The van der Waals surface area contributed by atoms with E-state index >= 15 is 0 Å². The molecule has 94 valence electrons. The maximum Gasteiger partial charge on any atom is 0.149 e. The van der Waals surface area contributed by atoms with Gasteiger partial charge in [-0.15, -0.1) is 0 Å². The predicted molar refractivity (Wildman–Crippen MR) is 71.5 cm³/mol. The number of nitrogens with zero attached hydrogens (tertiary/aromatic N) is 3. The molecule has 3 nitrogen and oxygen atoms in total. The van der Waals surface area contributed by atoms with Crippen LogP contribution < -0.4 is 4.90 Å². The molecule has 4 heteroatoms. The molecule has 0 spiro atoms. The van der Waals surface area contributed by atoms with E-state index in [0.717, 1.165) is 12.4 Å². The van der Waals surface area contributed by atoms with Gasteiger partial charge in [-0.2, -0.15) is 0 Å². The minimum atomic E-state index is 0.483. The monoisotopic (exact) mass is 253 g/mol. The number of halogens is 1. The van der Waals surface area contributed by atoms with Crippen molar-refractivity contribution in [3.63, 3.8) is 0 Å². The normalized spacial score (nSPS) is 21.8. The van der Waals surface area contributed by atoms with Gasteiger partial charge in [-0.25, -0.2) is 4.98 Å². The average Bonchev–Trinajstić information content (AvgIpc) is 2.78. The van der Waals surface area contributed by atoms with Crippen LogP contribution in [0.15, 0.2) is 12.4 Å². The van der Waals surface area contributed by atoms with Crippen LogP contribution in [0.2, 0.25) is 5.15 Å². The van der Waals surface area contributed by atoms with Gasteiger partial charge in [-0.05, 0) is 25.2 Å². The topological polar surface area (TPSA) is 29.0 Å². The SMILES string of the molecule is CCCC(C)C1CCCN1c1cncc(Cl)n1. The molecule has 1 aliphatic rings. The van der Waals surface area contributed by atoms with Crippen molar-refractivity contribution in [2.24, 2.45) is 5.92 Å². The van der Waals surface area contributed by atoms with E-state index in [4.69, 9.17) is 11.6 Å². The van der Waals surface area contributed by atoms with E-state index in [9.17, 15) is 0 Å². The number of anilines is 1. The van der Waals surface area contributed by atoms with Gasteiger partial charge >= 0.3 is 0 Å². The van der Waals surface area contributed by atoms with Crippen LogP contribution in [-0.2, 0) is 0 Å². The quantitative estimate of drug-likeness (QED) is 0.822. The Morgan fingerprint density at radius 1 is 1.53 bits per heavy atom. The van der Waals surface area contributed by atoms with E-state index in [1.54, 1.807) is 6.20 Å². The van der Waals surface area contributed by atoms with E-state index < -0.39 is 0 Å². The first-order valence-electron chi connectivity index (χ1n) is 6.46. The fraction of sp³-hybridized carbons (Fsp3) is 0.692. The van der Waals surface area contributed by atoms with Crippen molar-refractivity contribution in [2.45, 2.75) is 45.6 Å². The second-order valence-corrected chi connectivity index (χ2v) is 5.26. The summed E-state index contributed by atoms with van der Waals surface area (Å²) >= 11 is 5.91. The van der Waals surface area contributed by atoms with Crippen LogP contribution in [0.3, 0.4) is 0 Å². The van der Waals surface area contributed by atoms with Gasteiger partial charge in [-0.1, -0.05) is 31.9 Å². The molecule has 1 fully saturated rings. The molecule has 1 saturated heterocycles. The smallest absolute Gasteiger partial charge is 0.149 e. The molecule has 1 aromatic heterocycles. The Hall–Kier alpha value is -0.830. The molecule has 1 aromatic rings. The minimum Gasteiger partial charge on any atom is -0.352 e. The summed E-state index contributed by atoms with van der Waals surface area (Å²) in [5, 5.41) is 0.483. The van der Waals surface area contributed by atoms with Crippen LogP contribution in [-0.4, -0.2) is 22.6 Å². The molecule has 0 aromatic carbocycles. The highest BCUT2D eigenvalue weighted by molar-refractivity contribution is 6.29. The molecule has 2 heterocycles. The Morgan fingerprint density at radius 3 is 3.06 bits per heavy atom. The van der Waals surface area contributed by atoms with Crippen LogP contribution >= 0.6 is 11.6 Å². The minimum absolute atomic E-state index is 0.483. The van der Waals surface area contributed by atoms with E-state index in [0.29, 0.717) is 17.1 Å². The second-order valence-electron chi connectivity index (χ2n) is 4.87. The van der Waals surface area contributed by atoms with Gasteiger partial charge in [0.1, 0.15) is 11.0 Å². The Balaban J connectivity index is 2.14. The standard InChI is InChI=1S/C13H20ClN3/c1-3-5-10(2)11-6-4-7-17(11)13-9-15-8-12(14)16-13/h8-11H,3-7H2,1-2H3. The highest BCUT2D eigenvalue weighted by Crippen LogP contribution is 2.30. The Bertz CT molecular complexity index is 369. The van der Waals surface area contributed by atoms with E-state index in [-0.39, 0.29) is 0 Å². The first kappa shape index (κ1) is 12.6. The lowest BCUT2D eigenvalue weighted by molar-refractivity contribution is 0.420. The molecular formula is C13H20ClN3. The van der Waals surface area contributed by atoms with E-state index in [1.807, 2.05) is 6.20 Å². The van der Waals surface area contributed by atoms with Crippen molar-refractivity contribution >= 4 is 17.4 Å². The molecule has 0 amide bonds. The first-order chi connectivity index (χ1) is 8.22. The molecule has 0 bridgehead atoms. The van der Waals surface area contributed by atoms with Gasteiger partial charge in [-0.3, -0.25) is 4.98 Å². The van der Waals surface area contributed by atoms with Crippen molar-refractivity contribution in [2.75, 3.05) is 11.4 Å². The molecule has 0 radical (unpaired) electrons. The summed E-state index contributed by atoms with van der Waals surface area (Å²) in [6.07, 6.45) is 8.43. The van der Waals surface area contributed by atoms with Crippen molar-refractivity contribution < 1.29 is 0 Å². The lowest BCUT2D eigenvalue weighted by atomic mass is 9.95. The van der Waals surface area contributed by atoms with Gasteiger partial charge in [0.15, 0.2) is 0 Å². The zero-order chi connectivity index (χ0) is 12.3. The molecule has 0 aliphatic carbocycles. The maximum atomic E-state index is 5.91. The van der Waals surface area contributed by atoms with Crippen molar-refractivity contribution in [3.05, 3.63) is 17.5 Å². The average molecular weight is 254 g/mol. The number of hydrogen-bond donors (Lipinski definition) is 0. The summed E-state index contributed by atoms with van der Waals surface area (Å²) in [5.74, 6) is 1.64. The second kappa shape index (κ2) is 5.67. The summed E-state index contributed by atoms with van der Waals surface area (Å²) in [7, 11) is 0. The van der Waals surface area contributed by atoms with Crippen molar-refractivity contribution in [1.29, 1.82) is 0 Å². The molecule has 2 rings (SSSR count). The molecule has 2 unspecified atom stereocenters. The fourth-order valence-corrected chi connectivity index (χ4v) is 2.93. The third-order valence-corrected chi connectivity index (χ3v) is 3.77. The first-order valence-corrected chi connectivity index (χ1v) is 6.84. The third kappa shape index (κ3) is 2.89. The van der Waals surface area contributed by atoms with E-state index in [2.05, 4.69) is 28.7 Å². The predicted octanol–water partition coefficient (Wildman–Crippen LogP) is 3.54. The highest BCUT2D eigenvalue weighted by atomic mass is 35.5. The molecule has 2 atom stereocenters. The lowest BCUT2D eigenvalue weighted by Crippen LogP contribution is -2.35. The maximum absolute atomic E-state index is 5.91. The molecule has 0 N–H and O–H groups in total. The van der Waals surface area contributed by atoms with Gasteiger partial charge < -0.3 is 4.90 Å². The van der Waals surface area contributed by atoms with Gasteiger partial charge in [0.25, 0.3) is 0 Å². The Labute approximate surface area is 108 Å². The summed E-state index contributed by atoms with van der Waals surface area (Å²) in [6.45, 7) is 5.66.